The van der Waals surface area contributed by atoms with Gasteiger partial charge < -0.3 is 4.74 Å². The fourth-order valence-electron chi connectivity index (χ4n) is 1.04. The summed E-state index contributed by atoms with van der Waals surface area (Å²) >= 11 is 5.27. The lowest BCUT2D eigenvalue weighted by Gasteiger charge is -2.13. The SMILES string of the molecule is CCC(=O)CC(CC)COC(=O)CCl. The Balaban J connectivity index is 3.79. The Hall–Kier alpha value is -0.570. The standard InChI is InChI=1S/C10H17ClO3/c1-3-8(5-9(12)4-2)7-14-10(13)6-11/h8H,3-7H2,1-2H3. The van der Waals surface area contributed by atoms with Crippen molar-refractivity contribution in [2.24, 2.45) is 5.92 Å². The van der Waals surface area contributed by atoms with Crippen LogP contribution in [0, 0.1) is 5.92 Å². The first kappa shape index (κ1) is 13.4. The van der Waals surface area contributed by atoms with Crippen LogP contribution in [0.4, 0.5) is 0 Å². The highest BCUT2D eigenvalue weighted by atomic mass is 35.5. The van der Waals surface area contributed by atoms with Gasteiger partial charge in [-0.25, -0.2) is 0 Å². The van der Waals surface area contributed by atoms with Crippen molar-refractivity contribution in [3.63, 3.8) is 0 Å². The van der Waals surface area contributed by atoms with E-state index in [1.807, 2.05) is 13.8 Å². The molecule has 0 aliphatic carbocycles. The van der Waals surface area contributed by atoms with E-state index in [1.54, 1.807) is 0 Å². The largest absolute Gasteiger partial charge is 0.464 e. The van der Waals surface area contributed by atoms with Gasteiger partial charge in [0.05, 0.1) is 6.61 Å². The van der Waals surface area contributed by atoms with Crippen LogP contribution < -0.4 is 0 Å². The maximum absolute atomic E-state index is 11.1. The van der Waals surface area contributed by atoms with Crippen LogP contribution in [0.1, 0.15) is 33.1 Å². The molecule has 4 heteroatoms. The number of carbonyl (C=O) groups excluding carboxylic acids is 2. The van der Waals surface area contributed by atoms with Crippen molar-refractivity contribution in [2.75, 3.05) is 12.5 Å². The van der Waals surface area contributed by atoms with Gasteiger partial charge in [-0.05, 0) is 12.3 Å². The van der Waals surface area contributed by atoms with E-state index >= 15 is 0 Å². The van der Waals surface area contributed by atoms with E-state index in [0.717, 1.165) is 6.42 Å². The summed E-state index contributed by atoms with van der Waals surface area (Å²) in [7, 11) is 0. The number of alkyl halides is 1. The summed E-state index contributed by atoms with van der Waals surface area (Å²) in [6.45, 7) is 4.11. The predicted molar refractivity (Wildman–Crippen MR) is 55.4 cm³/mol. The smallest absolute Gasteiger partial charge is 0.320 e. The number of carbonyl (C=O) groups is 2. The molecule has 0 saturated carbocycles. The van der Waals surface area contributed by atoms with Crippen molar-refractivity contribution in [3.8, 4) is 0 Å². The maximum Gasteiger partial charge on any atom is 0.320 e. The molecule has 0 saturated heterocycles. The average Bonchev–Trinajstić information content (AvgIpc) is 2.22. The average molecular weight is 221 g/mol. The minimum absolute atomic E-state index is 0.127. The van der Waals surface area contributed by atoms with E-state index in [-0.39, 0.29) is 17.6 Å². The summed E-state index contributed by atoms with van der Waals surface area (Å²) in [6.07, 6.45) is 1.86. The van der Waals surface area contributed by atoms with Gasteiger partial charge in [-0.2, -0.15) is 0 Å². The molecule has 0 aromatic heterocycles. The number of ether oxygens (including phenoxy) is 1. The van der Waals surface area contributed by atoms with Crippen molar-refractivity contribution < 1.29 is 14.3 Å². The number of hydrogen-bond acceptors (Lipinski definition) is 3. The zero-order valence-corrected chi connectivity index (χ0v) is 9.47. The van der Waals surface area contributed by atoms with Crippen LogP contribution in [0.3, 0.4) is 0 Å². The molecule has 1 atom stereocenters. The van der Waals surface area contributed by atoms with Gasteiger partial charge >= 0.3 is 5.97 Å². The summed E-state index contributed by atoms with van der Waals surface area (Å²) in [5.41, 5.74) is 0. The Kier molecular flexibility index (Phi) is 7.48. The van der Waals surface area contributed by atoms with Crippen molar-refractivity contribution >= 4 is 23.4 Å². The maximum atomic E-state index is 11.1. The van der Waals surface area contributed by atoms with Crippen LogP contribution in [0.15, 0.2) is 0 Å². The zero-order chi connectivity index (χ0) is 11.0. The van der Waals surface area contributed by atoms with E-state index in [0.29, 0.717) is 19.4 Å². The molecule has 0 amide bonds. The first-order chi connectivity index (χ1) is 6.63. The first-order valence-electron chi connectivity index (χ1n) is 4.87. The Labute approximate surface area is 89.8 Å². The third kappa shape index (κ3) is 5.97. The minimum atomic E-state index is -0.422. The highest BCUT2D eigenvalue weighted by Crippen LogP contribution is 2.10. The molecule has 0 radical (unpaired) electrons. The zero-order valence-electron chi connectivity index (χ0n) is 8.72. The van der Waals surface area contributed by atoms with Crippen molar-refractivity contribution in [1.29, 1.82) is 0 Å². The Morgan fingerprint density at radius 1 is 1.36 bits per heavy atom. The van der Waals surface area contributed by atoms with Crippen molar-refractivity contribution in [3.05, 3.63) is 0 Å². The van der Waals surface area contributed by atoms with Crippen molar-refractivity contribution in [1.82, 2.24) is 0 Å². The molecule has 0 fully saturated rings. The van der Waals surface area contributed by atoms with Gasteiger partial charge in [0.15, 0.2) is 0 Å². The lowest BCUT2D eigenvalue weighted by Crippen LogP contribution is -2.17. The van der Waals surface area contributed by atoms with Gasteiger partial charge in [-0.15, -0.1) is 11.6 Å². The first-order valence-corrected chi connectivity index (χ1v) is 5.40. The highest BCUT2D eigenvalue weighted by Gasteiger charge is 2.12. The Morgan fingerprint density at radius 3 is 2.43 bits per heavy atom. The van der Waals surface area contributed by atoms with Gasteiger partial charge in [0.1, 0.15) is 11.7 Å². The van der Waals surface area contributed by atoms with Crippen LogP contribution in [0.5, 0.6) is 0 Å². The molecule has 0 aromatic carbocycles. The molecular weight excluding hydrogens is 204 g/mol. The summed E-state index contributed by atoms with van der Waals surface area (Å²) < 4.78 is 4.87. The predicted octanol–water partition coefficient (Wildman–Crippen LogP) is 2.16. The number of ketones is 1. The molecular formula is C10H17ClO3. The second kappa shape index (κ2) is 7.80. The number of esters is 1. The van der Waals surface area contributed by atoms with E-state index in [4.69, 9.17) is 16.3 Å². The molecule has 0 N–H and O–H groups in total. The molecule has 3 nitrogen and oxygen atoms in total. The molecule has 1 unspecified atom stereocenters. The van der Waals surface area contributed by atoms with Crippen LogP contribution in [-0.2, 0) is 14.3 Å². The number of Topliss-reactive ketones (excluding diaryl/α,β-unsaturated/α-hetero) is 1. The molecule has 0 heterocycles. The van der Waals surface area contributed by atoms with Crippen LogP contribution in [0.25, 0.3) is 0 Å². The third-order valence-corrected chi connectivity index (χ3v) is 2.30. The molecule has 0 aromatic rings. The molecule has 0 aliphatic rings. The molecule has 0 bridgehead atoms. The molecule has 0 spiro atoms. The van der Waals surface area contributed by atoms with Gasteiger partial charge in [0, 0.05) is 12.8 Å². The summed E-state index contributed by atoms with van der Waals surface area (Å²) in [4.78, 5) is 21.9. The molecule has 14 heavy (non-hydrogen) atoms. The Bertz CT molecular complexity index is 192. The van der Waals surface area contributed by atoms with E-state index < -0.39 is 5.97 Å². The monoisotopic (exact) mass is 220 g/mol. The number of halogens is 1. The minimum Gasteiger partial charge on any atom is -0.464 e. The lowest BCUT2D eigenvalue weighted by atomic mass is 10.00. The van der Waals surface area contributed by atoms with Gasteiger partial charge in [0.2, 0.25) is 0 Å². The van der Waals surface area contributed by atoms with Gasteiger partial charge in [0.25, 0.3) is 0 Å². The van der Waals surface area contributed by atoms with Crippen LogP contribution in [-0.4, -0.2) is 24.2 Å². The normalized spacial score (nSPS) is 12.2. The van der Waals surface area contributed by atoms with Crippen LogP contribution >= 0.6 is 11.6 Å². The topological polar surface area (TPSA) is 43.4 Å². The van der Waals surface area contributed by atoms with E-state index in [9.17, 15) is 9.59 Å². The summed E-state index contributed by atoms with van der Waals surface area (Å²) in [5, 5.41) is 0. The number of hydrogen-bond donors (Lipinski definition) is 0. The van der Waals surface area contributed by atoms with E-state index in [1.165, 1.54) is 0 Å². The van der Waals surface area contributed by atoms with Gasteiger partial charge in [-0.3, -0.25) is 9.59 Å². The van der Waals surface area contributed by atoms with Gasteiger partial charge in [-0.1, -0.05) is 13.8 Å². The summed E-state index contributed by atoms with van der Waals surface area (Å²) in [5.74, 6) is -0.208. The van der Waals surface area contributed by atoms with E-state index in [2.05, 4.69) is 0 Å². The van der Waals surface area contributed by atoms with Crippen molar-refractivity contribution in [2.45, 2.75) is 33.1 Å². The lowest BCUT2D eigenvalue weighted by molar-refractivity contribution is -0.142. The third-order valence-electron chi connectivity index (χ3n) is 2.08. The molecule has 82 valence electrons. The quantitative estimate of drug-likeness (QED) is 0.488. The molecule has 0 rings (SSSR count). The van der Waals surface area contributed by atoms with Crippen LogP contribution in [0.2, 0.25) is 0 Å². The fraction of sp³-hybridized carbons (Fsp3) is 0.800. The summed E-state index contributed by atoms with van der Waals surface area (Å²) in [6, 6.07) is 0. The Morgan fingerprint density at radius 2 is 2.00 bits per heavy atom. The molecule has 0 aliphatic heterocycles. The second-order valence-corrected chi connectivity index (χ2v) is 3.45. The number of rotatable bonds is 7. The second-order valence-electron chi connectivity index (χ2n) is 3.19. The fourth-order valence-corrected chi connectivity index (χ4v) is 1.11. The highest BCUT2D eigenvalue weighted by molar-refractivity contribution is 6.26.